The van der Waals surface area contributed by atoms with Crippen LogP contribution in [-0.4, -0.2) is 74.3 Å². The van der Waals surface area contributed by atoms with Gasteiger partial charge in [-0.1, -0.05) is 266 Å². The summed E-state index contributed by atoms with van der Waals surface area (Å²) in [6.45, 7) is 6.86. The van der Waals surface area contributed by atoms with Crippen LogP contribution in [0.3, 0.4) is 0 Å². The predicted molar refractivity (Wildman–Crippen MR) is 350 cm³/mol. The molecule has 3 unspecified atom stereocenters. The summed E-state index contributed by atoms with van der Waals surface area (Å²) in [6, 6.07) is -0.867. The molecule has 0 radical (unpaired) electrons. The van der Waals surface area contributed by atoms with Gasteiger partial charge >= 0.3 is 13.8 Å². The Morgan fingerprint density at radius 2 is 0.790 bits per heavy atom. The van der Waals surface area contributed by atoms with E-state index in [1.807, 2.05) is 33.3 Å². The lowest BCUT2D eigenvalue weighted by molar-refractivity contribution is -0.870. The van der Waals surface area contributed by atoms with Crippen LogP contribution in [0.15, 0.2) is 97.2 Å². The second kappa shape index (κ2) is 60.1. The van der Waals surface area contributed by atoms with E-state index in [-0.39, 0.29) is 31.5 Å². The van der Waals surface area contributed by atoms with E-state index in [9.17, 15) is 19.0 Å². The zero-order valence-corrected chi connectivity index (χ0v) is 54.4. The number of carbonyl (C=O) groups is 2. The molecule has 3 atom stereocenters. The van der Waals surface area contributed by atoms with Crippen molar-refractivity contribution in [2.45, 2.75) is 303 Å². The fourth-order valence-corrected chi connectivity index (χ4v) is 10.1. The Bertz CT molecular complexity index is 1710. The molecule has 0 aliphatic heterocycles. The van der Waals surface area contributed by atoms with Crippen molar-refractivity contribution in [3.8, 4) is 0 Å². The molecule has 0 aliphatic rings. The van der Waals surface area contributed by atoms with Gasteiger partial charge in [0.25, 0.3) is 0 Å². The minimum Gasteiger partial charge on any atom is -0.456 e. The van der Waals surface area contributed by atoms with Gasteiger partial charge in [0, 0.05) is 12.8 Å². The zero-order valence-electron chi connectivity index (χ0n) is 53.5. The first-order valence-electron chi connectivity index (χ1n) is 33.6. The van der Waals surface area contributed by atoms with Crippen molar-refractivity contribution in [1.82, 2.24) is 5.32 Å². The molecule has 0 spiro atoms. The number of hydrogen-bond acceptors (Lipinski definition) is 6. The average Bonchev–Trinajstić information content (AvgIpc) is 3.44. The minimum atomic E-state index is -4.46. The van der Waals surface area contributed by atoms with E-state index in [4.69, 9.17) is 13.8 Å². The van der Waals surface area contributed by atoms with E-state index < -0.39 is 20.0 Å². The summed E-state index contributed by atoms with van der Waals surface area (Å²) in [4.78, 5) is 37.8. The van der Waals surface area contributed by atoms with Gasteiger partial charge in [-0.2, -0.15) is 0 Å². The predicted octanol–water partition coefficient (Wildman–Crippen LogP) is 21.1. The monoisotopic (exact) mass is 1150 g/mol. The Morgan fingerprint density at radius 1 is 0.444 bits per heavy atom. The van der Waals surface area contributed by atoms with E-state index in [0.717, 1.165) is 96.3 Å². The molecule has 468 valence electrons. The van der Waals surface area contributed by atoms with Crippen LogP contribution in [0.2, 0.25) is 0 Å². The molecule has 1 amide bonds. The standard InChI is InChI=1S/C71H127N2O7P/c1-7-10-13-16-19-22-25-27-29-31-33-34-35-36-37-38-40-41-43-45-48-51-54-57-60-63-70(74)72-68(67-79-81(76,77)78-66-65-73(4,5)6)69(62-59-56-53-50-47-24-21-18-15-12-9-3)80-71(75)64-61-58-55-52-49-46-44-42-39-32-30-28-26-23-20-17-14-11-8-2/h11,14,19-20,22-23,27-30,39,42,46,49,59,62,68-69H,7-10,12-13,15-18,21,24-26,31-38,40-41,43-45,47-48,50-58,60-61,63-67H2,1-6H3,(H-,72,74,76,77)/p+1/b14-11-,22-19-,23-20-,29-27-,30-28-,42-39-,49-46-,62-59-. The number of esters is 1. The molecule has 0 aliphatic carbocycles. The van der Waals surface area contributed by atoms with Crippen LogP contribution in [0.4, 0.5) is 0 Å². The Labute approximate surface area is 500 Å². The van der Waals surface area contributed by atoms with E-state index in [1.54, 1.807) is 0 Å². The minimum absolute atomic E-state index is 0.0312. The molecule has 81 heavy (non-hydrogen) atoms. The fraction of sp³-hybridized carbons (Fsp3) is 0.746. The summed E-state index contributed by atoms with van der Waals surface area (Å²) >= 11 is 0. The fourth-order valence-electron chi connectivity index (χ4n) is 9.35. The van der Waals surface area contributed by atoms with Gasteiger partial charge in [0.05, 0.1) is 33.8 Å². The van der Waals surface area contributed by atoms with Gasteiger partial charge < -0.3 is 19.4 Å². The van der Waals surface area contributed by atoms with Gasteiger partial charge in [0.15, 0.2) is 0 Å². The van der Waals surface area contributed by atoms with Crippen molar-refractivity contribution < 1.29 is 37.3 Å². The summed E-state index contributed by atoms with van der Waals surface area (Å²) in [5.41, 5.74) is 0. The number of unbranched alkanes of at least 4 members (excludes halogenated alkanes) is 30. The topological polar surface area (TPSA) is 111 Å². The van der Waals surface area contributed by atoms with Crippen molar-refractivity contribution in [1.29, 1.82) is 0 Å². The summed E-state index contributed by atoms with van der Waals surface area (Å²) in [7, 11) is 1.47. The molecule has 0 rings (SSSR count). The summed E-state index contributed by atoms with van der Waals surface area (Å²) in [5.74, 6) is -0.542. The molecule has 0 saturated carbocycles. The number of amides is 1. The van der Waals surface area contributed by atoms with Gasteiger partial charge in [-0.15, -0.1) is 0 Å². The first-order chi connectivity index (χ1) is 39.4. The molecular weight excluding hydrogens is 1020 g/mol. The lowest BCUT2D eigenvalue weighted by Crippen LogP contribution is -2.47. The molecule has 0 bridgehead atoms. The molecule has 0 aromatic heterocycles. The zero-order chi connectivity index (χ0) is 59.3. The number of rotatable bonds is 60. The lowest BCUT2D eigenvalue weighted by atomic mass is 10.0. The Kier molecular flexibility index (Phi) is 57.8. The first-order valence-corrected chi connectivity index (χ1v) is 35.1. The van der Waals surface area contributed by atoms with Crippen LogP contribution in [0, 0.1) is 0 Å². The van der Waals surface area contributed by atoms with Gasteiger partial charge in [-0.05, 0) is 109 Å². The van der Waals surface area contributed by atoms with Crippen LogP contribution >= 0.6 is 7.82 Å². The second-order valence-corrected chi connectivity index (χ2v) is 25.1. The number of ether oxygens (including phenoxy) is 1. The van der Waals surface area contributed by atoms with Gasteiger partial charge in [-0.3, -0.25) is 18.6 Å². The van der Waals surface area contributed by atoms with Crippen LogP contribution in [0.25, 0.3) is 0 Å². The van der Waals surface area contributed by atoms with Crippen LogP contribution in [-0.2, 0) is 27.9 Å². The molecule has 0 heterocycles. The number of phosphoric ester groups is 1. The number of carbonyl (C=O) groups excluding carboxylic acids is 2. The molecule has 0 aromatic rings. The quantitative estimate of drug-likeness (QED) is 0.0205. The van der Waals surface area contributed by atoms with Crippen LogP contribution < -0.4 is 5.32 Å². The number of nitrogens with one attached hydrogen (secondary N) is 1. The van der Waals surface area contributed by atoms with Crippen molar-refractivity contribution in [3.63, 3.8) is 0 Å². The third-order valence-electron chi connectivity index (χ3n) is 14.5. The Morgan fingerprint density at radius 3 is 1.22 bits per heavy atom. The second-order valence-electron chi connectivity index (χ2n) is 23.6. The smallest absolute Gasteiger partial charge is 0.456 e. The largest absolute Gasteiger partial charge is 0.472 e. The number of phosphoric acid groups is 1. The number of nitrogens with zero attached hydrogens (tertiary/aromatic N) is 1. The molecular formula is C71H128N2O7P+. The highest BCUT2D eigenvalue weighted by Crippen LogP contribution is 2.43. The lowest BCUT2D eigenvalue weighted by Gasteiger charge is -2.27. The highest BCUT2D eigenvalue weighted by atomic mass is 31.2. The van der Waals surface area contributed by atoms with Crippen molar-refractivity contribution in [2.24, 2.45) is 0 Å². The van der Waals surface area contributed by atoms with Crippen LogP contribution in [0.5, 0.6) is 0 Å². The Hall–Kier alpha value is -3.07. The maximum absolute atomic E-state index is 13.6. The summed E-state index contributed by atoms with van der Waals surface area (Å²) in [6.07, 6.45) is 81.3. The SMILES string of the molecule is CC/C=C\C/C=C\C/C=C\C/C=C\C/C=C\CCCCCC(=O)OC(/C=C\CCCCCCCCCCC)C(COP(=O)(O)OCC[N+](C)(C)C)NC(=O)CCCCCCCCCCCCCCCCC/C=C\C/C=C\CCCCC. The van der Waals surface area contributed by atoms with Gasteiger partial charge in [-0.25, -0.2) is 4.57 Å². The van der Waals surface area contributed by atoms with Crippen molar-refractivity contribution in [3.05, 3.63) is 97.2 Å². The maximum atomic E-state index is 13.6. The molecule has 2 N–H and O–H groups in total. The highest BCUT2D eigenvalue weighted by Gasteiger charge is 2.30. The summed E-state index contributed by atoms with van der Waals surface area (Å²) < 4.78 is 30.7. The van der Waals surface area contributed by atoms with Gasteiger partial charge in [0.1, 0.15) is 19.3 Å². The molecule has 0 fully saturated rings. The third-order valence-corrected chi connectivity index (χ3v) is 15.5. The van der Waals surface area contributed by atoms with Crippen LogP contribution in [0.1, 0.15) is 290 Å². The maximum Gasteiger partial charge on any atom is 0.472 e. The van der Waals surface area contributed by atoms with E-state index in [1.165, 1.54) is 154 Å². The summed E-state index contributed by atoms with van der Waals surface area (Å²) in [5, 5.41) is 3.05. The number of allylic oxidation sites excluding steroid dienone is 15. The van der Waals surface area contributed by atoms with E-state index in [2.05, 4.69) is 111 Å². The molecule has 0 aromatic carbocycles. The average molecular weight is 1150 g/mol. The van der Waals surface area contributed by atoms with Crippen molar-refractivity contribution >= 4 is 19.7 Å². The number of quaternary nitrogens is 1. The number of hydrogen-bond donors (Lipinski definition) is 2. The number of likely N-dealkylation sites (N-methyl/N-ethyl adjacent to an activating group) is 1. The normalized spacial score (nSPS) is 14.2. The molecule has 0 saturated heterocycles. The van der Waals surface area contributed by atoms with E-state index >= 15 is 0 Å². The Balaban J connectivity index is 5.12. The highest BCUT2D eigenvalue weighted by molar-refractivity contribution is 7.47. The molecule has 10 heteroatoms. The van der Waals surface area contributed by atoms with E-state index in [0.29, 0.717) is 23.9 Å². The van der Waals surface area contributed by atoms with Gasteiger partial charge in [0.2, 0.25) is 5.91 Å². The van der Waals surface area contributed by atoms with Crippen molar-refractivity contribution in [2.75, 3.05) is 40.9 Å². The third kappa shape index (κ3) is 61.3. The first kappa shape index (κ1) is 77.9. The molecule has 9 nitrogen and oxygen atoms in total.